The van der Waals surface area contributed by atoms with Crippen molar-refractivity contribution in [3.8, 4) is 0 Å². The zero-order valence-corrected chi connectivity index (χ0v) is 14.4. The van der Waals surface area contributed by atoms with Gasteiger partial charge in [0.25, 0.3) is 5.92 Å². The number of rotatable bonds is 4. The summed E-state index contributed by atoms with van der Waals surface area (Å²) >= 11 is 12.1. The summed E-state index contributed by atoms with van der Waals surface area (Å²) in [5, 5.41) is 11.7. The topological polar surface area (TPSA) is 23.5 Å². The molecule has 6 heteroatoms. The molecule has 3 rings (SSSR count). The van der Waals surface area contributed by atoms with E-state index in [-0.39, 0.29) is 24.9 Å². The van der Waals surface area contributed by atoms with Gasteiger partial charge in [0, 0.05) is 18.4 Å². The molecule has 1 aliphatic heterocycles. The Morgan fingerprint density at radius 1 is 1.13 bits per heavy atom. The number of alkyl halides is 2. The van der Waals surface area contributed by atoms with Crippen molar-refractivity contribution >= 4 is 23.2 Å². The van der Waals surface area contributed by atoms with Gasteiger partial charge in [0.15, 0.2) is 0 Å². The Labute approximate surface area is 145 Å². The van der Waals surface area contributed by atoms with E-state index in [2.05, 4.69) is 0 Å². The number of piperidine rings is 1. The average Bonchev–Trinajstić information content (AvgIpc) is 2.40. The fraction of sp³-hybridized carbons (Fsp3) is 0.647. The van der Waals surface area contributed by atoms with Gasteiger partial charge in [-0.3, -0.25) is 4.90 Å². The molecule has 128 valence electrons. The van der Waals surface area contributed by atoms with Crippen LogP contribution in [0.25, 0.3) is 0 Å². The SMILES string of the molecule is OC(CN1CCCC(F)(F)C1)C1(c2ccc(Cl)c(Cl)c2)CCC1. The molecule has 1 aromatic carbocycles. The maximum Gasteiger partial charge on any atom is 0.260 e. The second kappa shape index (κ2) is 6.47. The summed E-state index contributed by atoms with van der Waals surface area (Å²) in [5.74, 6) is -2.64. The van der Waals surface area contributed by atoms with Crippen LogP contribution in [-0.2, 0) is 5.41 Å². The molecule has 1 heterocycles. The van der Waals surface area contributed by atoms with E-state index < -0.39 is 12.0 Å². The van der Waals surface area contributed by atoms with Gasteiger partial charge in [-0.1, -0.05) is 35.7 Å². The summed E-state index contributed by atoms with van der Waals surface area (Å²) in [6.45, 7) is 0.626. The number of benzene rings is 1. The minimum Gasteiger partial charge on any atom is -0.391 e. The van der Waals surface area contributed by atoms with Crippen molar-refractivity contribution in [1.82, 2.24) is 4.90 Å². The van der Waals surface area contributed by atoms with Gasteiger partial charge in [0.05, 0.1) is 22.7 Å². The standard InChI is InChI=1S/C17H21Cl2F2NO/c18-13-4-3-12(9-14(13)19)16(5-1-6-16)15(23)10-22-8-2-7-17(20,21)11-22/h3-4,9,15,23H,1-2,5-8,10-11H2. The van der Waals surface area contributed by atoms with E-state index in [0.29, 0.717) is 23.0 Å². The predicted molar refractivity (Wildman–Crippen MR) is 88.6 cm³/mol. The molecule has 1 aromatic rings. The first-order valence-corrected chi connectivity index (χ1v) is 8.82. The van der Waals surface area contributed by atoms with E-state index in [1.807, 2.05) is 6.07 Å². The molecular formula is C17H21Cl2F2NO. The first-order valence-electron chi connectivity index (χ1n) is 8.06. The van der Waals surface area contributed by atoms with E-state index in [9.17, 15) is 13.9 Å². The molecule has 0 radical (unpaired) electrons. The minimum atomic E-state index is -2.64. The molecule has 1 saturated heterocycles. The highest BCUT2D eigenvalue weighted by atomic mass is 35.5. The lowest BCUT2D eigenvalue weighted by molar-refractivity contribution is -0.0821. The summed E-state index contributed by atoms with van der Waals surface area (Å²) in [7, 11) is 0. The van der Waals surface area contributed by atoms with Gasteiger partial charge in [-0.2, -0.15) is 0 Å². The van der Waals surface area contributed by atoms with Gasteiger partial charge in [0.2, 0.25) is 0 Å². The van der Waals surface area contributed by atoms with Crippen molar-refractivity contribution in [2.45, 2.75) is 49.5 Å². The van der Waals surface area contributed by atoms with Crippen molar-refractivity contribution in [1.29, 1.82) is 0 Å². The number of β-amino-alcohol motifs (C(OH)–C–C–N with tert-alkyl or cyclic N) is 1. The summed E-state index contributed by atoms with van der Waals surface area (Å²) in [4.78, 5) is 1.69. The van der Waals surface area contributed by atoms with Gasteiger partial charge in [-0.25, -0.2) is 8.78 Å². The molecule has 1 aliphatic carbocycles. The summed E-state index contributed by atoms with van der Waals surface area (Å²) in [5.41, 5.74) is 0.565. The van der Waals surface area contributed by atoms with Gasteiger partial charge in [-0.15, -0.1) is 0 Å². The predicted octanol–water partition coefficient (Wildman–Crippen LogP) is 4.51. The number of halogens is 4. The molecular weight excluding hydrogens is 343 g/mol. The summed E-state index contributed by atoms with van der Waals surface area (Å²) < 4.78 is 27.1. The quantitative estimate of drug-likeness (QED) is 0.850. The third kappa shape index (κ3) is 3.51. The van der Waals surface area contributed by atoms with Gasteiger partial charge in [0.1, 0.15) is 0 Å². The number of hydrogen-bond donors (Lipinski definition) is 1. The lowest BCUT2D eigenvalue weighted by Gasteiger charge is -2.48. The second-order valence-electron chi connectivity index (χ2n) is 6.85. The van der Waals surface area contributed by atoms with Gasteiger partial charge < -0.3 is 5.11 Å². The number of aliphatic hydroxyl groups excluding tert-OH is 1. The zero-order chi connectivity index (χ0) is 16.7. The first kappa shape index (κ1) is 17.4. The van der Waals surface area contributed by atoms with Crippen molar-refractivity contribution in [2.24, 2.45) is 0 Å². The molecule has 0 spiro atoms. The first-order chi connectivity index (χ1) is 10.8. The van der Waals surface area contributed by atoms with E-state index in [1.165, 1.54) is 0 Å². The maximum absolute atomic E-state index is 13.6. The van der Waals surface area contributed by atoms with E-state index in [1.54, 1.807) is 17.0 Å². The molecule has 23 heavy (non-hydrogen) atoms. The molecule has 1 N–H and O–H groups in total. The van der Waals surface area contributed by atoms with Gasteiger partial charge in [-0.05, 0) is 43.5 Å². The molecule has 2 nitrogen and oxygen atoms in total. The van der Waals surface area contributed by atoms with Crippen molar-refractivity contribution < 1.29 is 13.9 Å². The van der Waals surface area contributed by atoms with Crippen molar-refractivity contribution in [3.05, 3.63) is 33.8 Å². The van der Waals surface area contributed by atoms with Crippen LogP contribution >= 0.6 is 23.2 Å². The monoisotopic (exact) mass is 363 g/mol. The number of hydrogen-bond acceptors (Lipinski definition) is 2. The van der Waals surface area contributed by atoms with Crippen LogP contribution in [0.5, 0.6) is 0 Å². The van der Waals surface area contributed by atoms with Crippen LogP contribution < -0.4 is 0 Å². The van der Waals surface area contributed by atoms with Crippen LogP contribution in [0.4, 0.5) is 8.78 Å². The average molecular weight is 364 g/mol. The zero-order valence-electron chi connectivity index (χ0n) is 12.9. The van der Waals surface area contributed by atoms with Crippen LogP contribution in [0, 0.1) is 0 Å². The van der Waals surface area contributed by atoms with Crippen LogP contribution in [0.2, 0.25) is 10.0 Å². The third-order valence-electron chi connectivity index (χ3n) is 5.28. The smallest absolute Gasteiger partial charge is 0.260 e. The molecule has 0 bridgehead atoms. The van der Waals surface area contributed by atoms with Crippen LogP contribution in [0.15, 0.2) is 18.2 Å². The molecule has 2 aliphatic rings. The minimum absolute atomic E-state index is 0.0580. The number of likely N-dealkylation sites (tertiary alicyclic amines) is 1. The Kier molecular flexibility index (Phi) is 4.90. The molecule has 1 atom stereocenters. The lowest BCUT2D eigenvalue weighted by Crippen LogP contribution is -2.53. The lowest BCUT2D eigenvalue weighted by atomic mass is 9.61. The molecule has 1 saturated carbocycles. The largest absolute Gasteiger partial charge is 0.391 e. The number of aliphatic hydroxyl groups is 1. The Morgan fingerprint density at radius 2 is 1.87 bits per heavy atom. The van der Waals surface area contributed by atoms with Crippen LogP contribution in [0.3, 0.4) is 0 Å². The Balaban J connectivity index is 1.75. The molecule has 0 aromatic heterocycles. The normalized spacial score (nSPS) is 24.9. The number of nitrogens with zero attached hydrogens (tertiary/aromatic N) is 1. The Morgan fingerprint density at radius 3 is 2.43 bits per heavy atom. The highest BCUT2D eigenvalue weighted by Gasteiger charge is 2.46. The Bertz CT molecular complexity index is 578. The van der Waals surface area contributed by atoms with Crippen LogP contribution in [0.1, 0.15) is 37.7 Å². The van der Waals surface area contributed by atoms with Gasteiger partial charge >= 0.3 is 0 Å². The van der Waals surface area contributed by atoms with Crippen molar-refractivity contribution in [2.75, 3.05) is 19.6 Å². The molecule has 0 amide bonds. The fourth-order valence-electron chi connectivity index (χ4n) is 3.80. The highest BCUT2D eigenvalue weighted by Crippen LogP contribution is 2.48. The van der Waals surface area contributed by atoms with Crippen LogP contribution in [-0.4, -0.2) is 41.7 Å². The van der Waals surface area contributed by atoms with E-state index in [0.717, 1.165) is 24.8 Å². The highest BCUT2D eigenvalue weighted by molar-refractivity contribution is 6.42. The maximum atomic E-state index is 13.6. The van der Waals surface area contributed by atoms with E-state index in [4.69, 9.17) is 23.2 Å². The summed E-state index contributed by atoms with van der Waals surface area (Å²) in [6.07, 6.45) is 2.44. The third-order valence-corrected chi connectivity index (χ3v) is 6.02. The molecule has 2 fully saturated rings. The Hall–Kier alpha value is -0.420. The summed E-state index contributed by atoms with van der Waals surface area (Å²) in [6, 6.07) is 5.43. The van der Waals surface area contributed by atoms with E-state index >= 15 is 0 Å². The fourth-order valence-corrected chi connectivity index (χ4v) is 4.10. The second-order valence-corrected chi connectivity index (χ2v) is 7.66. The molecule has 1 unspecified atom stereocenters. The van der Waals surface area contributed by atoms with Crippen molar-refractivity contribution in [3.63, 3.8) is 0 Å².